The van der Waals surface area contributed by atoms with E-state index in [2.05, 4.69) is 20.9 Å². The minimum Gasteiger partial charge on any atom is -0.457 e. The monoisotopic (exact) mass is 406 g/mol. The molecule has 0 aliphatic carbocycles. The molecule has 0 unspecified atom stereocenters. The lowest BCUT2D eigenvalue weighted by Crippen LogP contribution is -2.19. The predicted molar refractivity (Wildman–Crippen MR) is 109 cm³/mol. The fourth-order valence-corrected chi connectivity index (χ4v) is 2.74. The molecular formula is C21H18N4O5. The predicted octanol–water partition coefficient (Wildman–Crippen LogP) is 3.61. The van der Waals surface area contributed by atoms with Crippen LogP contribution in [-0.4, -0.2) is 30.8 Å². The number of pyridine rings is 1. The first kappa shape index (κ1) is 19.1. The van der Waals surface area contributed by atoms with Crippen molar-refractivity contribution in [2.45, 2.75) is 0 Å². The quantitative estimate of drug-likeness (QED) is 0.597. The van der Waals surface area contributed by atoms with Crippen LogP contribution in [0.4, 0.5) is 16.2 Å². The zero-order chi connectivity index (χ0) is 20.9. The van der Waals surface area contributed by atoms with Crippen molar-refractivity contribution in [3.05, 3.63) is 66.5 Å². The Bertz CT molecular complexity index is 1090. The number of ether oxygens (including phenoxy) is 3. The highest BCUT2D eigenvalue weighted by Crippen LogP contribution is 2.34. The largest absolute Gasteiger partial charge is 0.457 e. The number of nitrogens with one attached hydrogen (secondary N) is 3. The fraction of sp³-hybridized carbons (Fsp3) is 0.0952. The Morgan fingerprint density at radius 2 is 1.63 bits per heavy atom. The fourth-order valence-electron chi connectivity index (χ4n) is 2.74. The summed E-state index contributed by atoms with van der Waals surface area (Å²) in [4.78, 5) is 27.9. The van der Waals surface area contributed by atoms with Gasteiger partial charge in [0.25, 0.3) is 5.91 Å². The number of urea groups is 1. The summed E-state index contributed by atoms with van der Waals surface area (Å²) in [5, 5.41) is 7.99. The third kappa shape index (κ3) is 4.41. The number of aromatic nitrogens is 1. The maximum atomic E-state index is 12.2. The summed E-state index contributed by atoms with van der Waals surface area (Å²) >= 11 is 0. The molecule has 0 spiro atoms. The second-order valence-electron chi connectivity index (χ2n) is 6.23. The molecule has 30 heavy (non-hydrogen) atoms. The Morgan fingerprint density at radius 1 is 0.900 bits per heavy atom. The van der Waals surface area contributed by atoms with E-state index < -0.39 is 6.03 Å². The van der Waals surface area contributed by atoms with Crippen molar-refractivity contribution in [3.63, 3.8) is 0 Å². The van der Waals surface area contributed by atoms with Gasteiger partial charge in [-0.25, -0.2) is 4.79 Å². The minimum absolute atomic E-state index is 0.173. The molecule has 1 aliphatic rings. The van der Waals surface area contributed by atoms with Gasteiger partial charge in [-0.15, -0.1) is 0 Å². The summed E-state index contributed by atoms with van der Waals surface area (Å²) < 4.78 is 16.3. The molecule has 9 nitrogen and oxygen atoms in total. The van der Waals surface area contributed by atoms with Crippen LogP contribution >= 0.6 is 0 Å². The number of hydrogen-bond donors (Lipinski definition) is 3. The van der Waals surface area contributed by atoms with Crippen LogP contribution in [0.3, 0.4) is 0 Å². The first-order valence-electron chi connectivity index (χ1n) is 9.04. The normalized spacial score (nSPS) is 11.5. The standard InChI is InChI=1S/C21H18N4O5/c1-22-20(26)17-11-16(8-9-23-17)30-15-5-2-13(3-6-15)24-21(27)25-14-4-7-18-19(10-14)29-12-28-18/h2-11H,12H2,1H3,(H,22,26)(H2,24,25,27). The Labute approximate surface area is 172 Å². The van der Waals surface area contributed by atoms with Crippen LogP contribution in [0, 0.1) is 0 Å². The van der Waals surface area contributed by atoms with E-state index in [4.69, 9.17) is 14.2 Å². The van der Waals surface area contributed by atoms with E-state index in [0.29, 0.717) is 34.4 Å². The van der Waals surface area contributed by atoms with Crippen LogP contribution in [0.2, 0.25) is 0 Å². The topological polar surface area (TPSA) is 111 Å². The van der Waals surface area contributed by atoms with Gasteiger partial charge in [0.1, 0.15) is 17.2 Å². The van der Waals surface area contributed by atoms with E-state index in [0.717, 1.165) is 0 Å². The summed E-state index contributed by atoms with van der Waals surface area (Å²) in [6.07, 6.45) is 1.50. The maximum absolute atomic E-state index is 12.2. The zero-order valence-corrected chi connectivity index (χ0v) is 16.0. The molecule has 1 aliphatic heterocycles. The summed E-state index contributed by atoms with van der Waals surface area (Å²) in [5.41, 5.74) is 1.43. The lowest BCUT2D eigenvalue weighted by molar-refractivity contribution is 0.0957. The van der Waals surface area contributed by atoms with E-state index in [1.54, 1.807) is 54.6 Å². The number of amides is 3. The lowest BCUT2D eigenvalue weighted by atomic mass is 10.3. The highest BCUT2D eigenvalue weighted by atomic mass is 16.7. The van der Waals surface area contributed by atoms with Gasteiger partial charge in [-0.2, -0.15) is 0 Å². The van der Waals surface area contributed by atoms with E-state index in [1.165, 1.54) is 13.2 Å². The second-order valence-corrected chi connectivity index (χ2v) is 6.23. The average Bonchev–Trinajstić information content (AvgIpc) is 3.22. The molecule has 3 aromatic rings. The van der Waals surface area contributed by atoms with Gasteiger partial charge in [0.2, 0.25) is 6.79 Å². The molecule has 0 fully saturated rings. The van der Waals surface area contributed by atoms with Gasteiger partial charge in [0, 0.05) is 36.8 Å². The molecule has 4 rings (SSSR count). The van der Waals surface area contributed by atoms with E-state index >= 15 is 0 Å². The van der Waals surface area contributed by atoms with Crippen LogP contribution in [0.5, 0.6) is 23.0 Å². The number of fused-ring (bicyclic) bond motifs is 1. The highest BCUT2D eigenvalue weighted by Gasteiger charge is 2.14. The van der Waals surface area contributed by atoms with Crippen molar-refractivity contribution >= 4 is 23.3 Å². The molecule has 0 saturated carbocycles. The molecule has 2 aromatic carbocycles. The SMILES string of the molecule is CNC(=O)c1cc(Oc2ccc(NC(=O)Nc3ccc4c(c3)OCO4)cc2)ccn1. The average molecular weight is 406 g/mol. The molecule has 3 amide bonds. The zero-order valence-electron chi connectivity index (χ0n) is 16.0. The highest BCUT2D eigenvalue weighted by molar-refractivity contribution is 6.00. The van der Waals surface area contributed by atoms with Crippen molar-refractivity contribution in [2.75, 3.05) is 24.5 Å². The van der Waals surface area contributed by atoms with Crippen molar-refractivity contribution in [1.29, 1.82) is 0 Å². The molecule has 152 valence electrons. The van der Waals surface area contributed by atoms with Crippen molar-refractivity contribution in [2.24, 2.45) is 0 Å². The van der Waals surface area contributed by atoms with Gasteiger partial charge >= 0.3 is 6.03 Å². The number of carbonyl (C=O) groups is 2. The number of hydrogen-bond acceptors (Lipinski definition) is 6. The van der Waals surface area contributed by atoms with Crippen molar-refractivity contribution in [3.8, 4) is 23.0 Å². The molecule has 3 N–H and O–H groups in total. The molecule has 2 heterocycles. The number of nitrogens with zero attached hydrogens (tertiary/aromatic N) is 1. The first-order chi connectivity index (χ1) is 14.6. The Hall–Kier alpha value is -4.27. The Balaban J connectivity index is 1.35. The molecule has 0 bridgehead atoms. The molecular weight excluding hydrogens is 388 g/mol. The summed E-state index contributed by atoms with van der Waals surface area (Å²) in [6.45, 7) is 0.173. The number of anilines is 2. The molecule has 0 saturated heterocycles. The van der Waals surface area contributed by atoms with Gasteiger partial charge in [0.05, 0.1) is 0 Å². The van der Waals surface area contributed by atoms with Gasteiger partial charge in [-0.3, -0.25) is 9.78 Å². The molecule has 0 radical (unpaired) electrons. The minimum atomic E-state index is -0.396. The summed E-state index contributed by atoms with van der Waals surface area (Å²) in [7, 11) is 1.53. The summed E-state index contributed by atoms with van der Waals surface area (Å²) in [5.74, 6) is 1.96. The maximum Gasteiger partial charge on any atom is 0.323 e. The first-order valence-corrected chi connectivity index (χ1v) is 9.04. The third-order valence-corrected chi connectivity index (χ3v) is 4.17. The molecule has 0 atom stereocenters. The molecule has 9 heteroatoms. The lowest BCUT2D eigenvalue weighted by Gasteiger charge is -2.10. The van der Waals surface area contributed by atoms with Crippen LogP contribution in [0.15, 0.2) is 60.8 Å². The molecule has 1 aromatic heterocycles. The third-order valence-electron chi connectivity index (χ3n) is 4.17. The number of carbonyl (C=O) groups excluding carboxylic acids is 2. The Kier molecular flexibility index (Phi) is 5.33. The van der Waals surface area contributed by atoms with Crippen molar-refractivity contribution in [1.82, 2.24) is 10.3 Å². The van der Waals surface area contributed by atoms with Gasteiger partial charge in [-0.1, -0.05) is 0 Å². The smallest absolute Gasteiger partial charge is 0.323 e. The van der Waals surface area contributed by atoms with E-state index in [1.807, 2.05) is 0 Å². The van der Waals surface area contributed by atoms with Crippen molar-refractivity contribution < 1.29 is 23.8 Å². The number of rotatable bonds is 5. The van der Waals surface area contributed by atoms with Gasteiger partial charge in [0.15, 0.2) is 11.5 Å². The van der Waals surface area contributed by atoms with Gasteiger partial charge < -0.3 is 30.2 Å². The second kappa shape index (κ2) is 8.39. The summed E-state index contributed by atoms with van der Waals surface area (Å²) in [6, 6.07) is 14.8. The van der Waals surface area contributed by atoms with Crippen LogP contribution in [-0.2, 0) is 0 Å². The van der Waals surface area contributed by atoms with E-state index in [-0.39, 0.29) is 18.4 Å². The van der Waals surface area contributed by atoms with Crippen LogP contribution in [0.25, 0.3) is 0 Å². The Morgan fingerprint density at radius 3 is 2.43 bits per heavy atom. The number of benzene rings is 2. The van der Waals surface area contributed by atoms with Crippen LogP contribution in [0.1, 0.15) is 10.5 Å². The van der Waals surface area contributed by atoms with Gasteiger partial charge in [-0.05, 0) is 42.5 Å². The van der Waals surface area contributed by atoms with E-state index in [9.17, 15) is 9.59 Å². The van der Waals surface area contributed by atoms with Crippen LogP contribution < -0.4 is 30.2 Å².